The molecule has 77 valence electrons. The molecule has 1 rings (SSSR count). The van der Waals surface area contributed by atoms with Crippen LogP contribution in [0.3, 0.4) is 0 Å². The Bertz CT molecular complexity index is 354. The summed E-state index contributed by atoms with van der Waals surface area (Å²) in [5, 5.41) is 0. The predicted molar refractivity (Wildman–Crippen MR) is 68.0 cm³/mol. The quantitative estimate of drug-likeness (QED) is 0.613. The Morgan fingerprint density at radius 1 is 1.27 bits per heavy atom. The maximum absolute atomic E-state index is 4.16. The van der Waals surface area contributed by atoms with Crippen LogP contribution in [0, 0.1) is 5.92 Å². The van der Waals surface area contributed by atoms with Gasteiger partial charge in [0.15, 0.2) is 0 Å². The highest BCUT2D eigenvalue weighted by molar-refractivity contribution is 5.76. The molecule has 0 atom stereocenters. The standard InChI is InChI=1S/C14H16N/c1-4-12-7-8-13(5-2)14(11-12)9-10-15-6-3/h4-5,7-11H,1-2,6H2,3H3/b14-9-,15-10?. The van der Waals surface area contributed by atoms with Crippen molar-refractivity contribution >= 4 is 6.21 Å². The molecule has 0 amide bonds. The molecule has 1 aliphatic carbocycles. The van der Waals surface area contributed by atoms with Gasteiger partial charge in [0.2, 0.25) is 0 Å². The van der Waals surface area contributed by atoms with Crippen LogP contribution in [0.15, 0.2) is 65.8 Å². The van der Waals surface area contributed by atoms with Crippen molar-refractivity contribution in [2.75, 3.05) is 6.54 Å². The van der Waals surface area contributed by atoms with Gasteiger partial charge in [0, 0.05) is 18.7 Å². The number of hydrogen-bond donors (Lipinski definition) is 0. The van der Waals surface area contributed by atoms with E-state index in [1.54, 1.807) is 0 Å². The van der Waals surface area contributed by atoms with E-state index >= 15 is 0 Å². The van der Waals surface area contributed by atoms with Crippen LogP contribution >= 0.6 is 0 Å². The van der Waals surface area contributed by atoms with Gasteiger partial charge in [0.1, 0.15) is 0 Å². The van der Waals surface area contributed by atoms with Gasteiger partial charge in [-0.15, -0.1) is 6.58 Å². The Labute approximate surface area is 91.9 Å². The first-order chi connectivity index (χ1) is 7.31. The summed E-state index contributed by atoms with van der Waals surface area (Å²) in [7, 11) is 0. The molecule has 1 heteroatoms. The van der Waals surface area contributed by atoms with E-state index in [1.807, 2.05) is 43.5 Å². The van der Waals surface area contributed by atoms with Gasteiger partial charge in [-0.1, -0.05) is 37.0 Å². The van der Waals surface area contributed by atoms with E-state index in [0.717, 1.165) is 23.6 Å². The van der Waals surface area contributed by atoms with Gasteiger partial charge in [-0.3, -0.25) is 4.99 Å². The second kappa shape index (κ2) is 5.97. The summed E-state index contributed by atoms with van der Waals surface area (Å²) in [5.74, 6) is 1.11. The number of allylic oxidation sites excluding steroid dienone is 8. The molecule has 0 unspecified atom stereocenters. The van der Waals surface area contributed by atoms with Crippen LogP contribution in [0.1, 0.15) is 6.92 Å². The van der Waals surface area contributed by atoms with E-state index in [1.165, 1.54) is 0 Å². The Balaban J connectivity index is 2.91. The third-order valence-electron chi connectivity index (χ3n) is 2.11. The lowest BCUT2D eigenvalue weighted by Crippen LogP contribution is -1.98. The van der Waals surface area contributed by atoms with E-state index in [-0.39, 0.29) is 0 Å². The Kier molecular flexibility index (Phi) is 4.55. The van der Waals surface area contributed by atoms with Crippen LogP contribution in [-0.2, 0) is 0 Å². The van der Waals surface area contributed by atoms with Gasteiger partial charge in [0.25, 0.3) is 0 Å². The minimum Gasteiger partial charge on any atom is -0.293 e. The summed E-state index contributed by atoms with van der Waals surface area (Å²) >= 11 is 0. The highest BCUT2D eigenvalue weighted by Gasteiger charge is 2.09. The molecule has 0 aromatic heterocycles. The molecule has 0 heterocycles. The van der Waals surface area contributed by atoms with Crippen molar-refractivity contribution in [2.24, 2.45) is 4.99 Å². The number of rotatable bonds is 4. The monoisotopic (exact) mass is 198 g/mol. The summed E-state index contributed by atoms with van der Waals surface area (Å²) < 4.78 is 0. The fourth-order valence-electron chi connectivity index (χ4n) is 1.29. The van der Waals surface area contributed by atoms with Gasteiger partial charge < -0.3 is 0 Å². The second-order valence-corrected chi connectivity index (χ2v) is 3.11. The topological polar surface area (TPSA) is 12.4 Å². The van der Waals surface area contributed by atoms with Crippen molar-refractivity contribution in [3.8, 4) is 0 Å². The van der Waals surface area contributed by atoms with Gasteiger partial charge in [-0.25, -0.2) is 0 Å². The van der Waals surface area contributed by atoms with E-state index < -0.39 is 0 Å². The van der Waals surface area contributed by atoms with Crippen molar-refractivity contribution in [2.45, 2.75) is 6.92 Å². The zero-order valence-corrected chi connectivity index (χ0v) is 9.11. The van der Waals surface area contributed by atoms with Crippen molar-refractivity contribution in [1.29, 1.82) is 0 Å². The molecule has 1 nitrogen and oxygen atoms in total. The number of hydrogen-bond acceptors (Lipinski definition) is 1. The first-order valence-corrected chi connectivity index (χ1v) is 5.04. The molecule has 0 spiro atoms. The molecule has 0 N–H and O–H groups in total. The minimum absolute atomic E-state index is 0.807. The molecule has 0 fully saturated rings. The summed E-state index contributed by atoms with van der Waals surface area (Å²) in [6.07, 6.45) is 13.6. The van der Waals surface area contributed by atoms with E-state index in [2.05, 4.69) is 24.2 Å². The van der Waals surface area contributed by atoms with E-state index in [4.69, 9.17) is 0 Å². The summed E-state index contributed by atoms with van der Waals surface area (Å²) in [6.45, 7) is 10.4. The lowest BCUT2D eigenvalue weighted by atomic mass is 9.91. The van der Waals surface area contributed by atoms with Crippen molar-refractivity contribution < 1.29 is 0 Å². The average Bonchev–Trinajstić information content (AvgIpc) is 2.29. The summed E-state index contributed by atoms with van der Waals surface area (Å²) in [6, 6.07) is 0. The predicted octanol–water partition coefficient (Wildman–Crippen LogP) is 3.45. The van der Waals surface area contributed by atoms with Gasteiger partial charge in [0.05, 0.1) is 0 Å². The smallest absolute Gasteiger partial charge is 0.0480 e. The fraction of sp³-hybridized carbons (Fsp3) is 0.143. The van der Waals surface area contributed by atoms with Crippen molar-refractivity contribution in [1.82, 2.24) is 0 Å². The van der Waals surface area contributed by atoms with E-state index in [0.29, 0.717) is 0 Å². The summed E-state index contributed by atoms with van der Waals surface area (Å²) in [4.78, 5) is 4.16. The Hall–Kier alpha value is -1.63. The molecule has 0 saturated heterocycles. The lowest BCUT2D eigenvalue weighted by molar-refractivity contribution is 1.14. The molecule has 0 aliphatic heterocycles. The minimum atomic E-state index is 0.807. The molecule has 1 radical (unpaired) electrons. The molecule has 0 aromatic rings. The first kappa shape index (κ1) is 11.4. The maximum Gasteiger partial charge on any atom is 0.0480 e. The zero-order chi connectivity index (χ0) is 11.1. The van der Waals surface area contributed by atoms with Gasteiger partial charge >= 0.3 is 0 Å². The molecule has 0 aromatic carbocycles. The lowest BCUT2D eigenvalue weighted by Gasteiger charge is -2.13. The fourth-order valence-corrected chi connectivity index (χ4v) is 1.29. The normalized spacial score (nSPS) is 19.5. The SMILES string of the molecule is C=C[C]1C=CC(C=C)=C/C1=C/C=NCC. The molecule has 0 bridgehead atoms. The maximum atomic E-state index is 4.16. The molecular weight excluding hydrogens is 182 g/mol. The third kappa shape index (κ3) is 3.21. The number of nitrogens with zero attached hydrogens (tertiary/aromatic N) is 1. The number of aliphatic imine (C=N–C) groups is 1. The molecule has 1 aliphatic rings. The van der Waals surface area contributed by atoms with Crippen molar-refractivity contribution in [3.63, 3.8) is 0 Å². The van der Waals surface area contributed by atoms with Crippen LogP contribution in [0.25, 0.3) is 0 Å². The van der Waals surface area contributed by atoms with Crippen LogP contribution in [-0.4, -0.2) is 12.8 Å². The first-order valence-electron chi connectivity index (χ1n) is 5.04. The molecule has 15 heavy (non-hydrogen) atoms. The summed E-state index contributed by atoms with van der Waals surface area (Å²) in [5.41, 5.74) is 2.23. The Morgan fingerprint density at radius 2 is 2.07 bits per heavy atom. The zero-order valence-electron chi connectivity index (χ0n) is 9.11. The van der Waals surface area contributed by atoms with Crippen molar-refractivity contribution in [3.05, 3.63) is 66.7 Å². The van der Waals surface area contributed by atoms with Crippen LogP contribution in [0.5, 0.6) is 0 Å². The Morgan fingerprint density at radius 3 is 2.67 bits per heavy atom. The average molecular weight is 198 g/mol. The van der Waals surface area contributed by atoms with Crippen LogP contribution in [0.2, 0.25) is 0 Å². The molecule has 0 saturated carbocycles. The van der Waals surface area contributed by atoms with Crippen LogP contribution in [0.4, 0.5) is 0 Å². The van der Waals surface area contributed by atoms with Gasteiger partial charge in [-0.05, 0) is 24.1 Å². The second-order valence-electron chi connectivity index (χ2n) is 3.11. The highest BCUT2D eigenvalue weighted by atomic mass is 14.7. The van der Waals surface area contributed by atoms with Gasteiger partial charge in [-0.2, -0.15) is 0 Å². The molecular formula is C14H16N. The van der Waals surface area contributed by atoms with Crippen LogP contribution < -0.4 is 0 Å². The van der Waals surface area contributed by atoms with E-state index in [9.17, 15) is 0 Å². The third-order valence-corrected chi connectivity index (χ3v) is 2.11. The largest absolute Gasteiger partial charge is 0.293 e. The highest BCUT2D eigenvalue weighted by Crippen LogP contribution is 2.24.